The second kappa shape index (κ2) is 9.55. The third-order valence-corrected chi connectivity index (χ3v) is 4.13. The fourth-order valence-electron chi connectivity index (χ4n) is 2.23. The molecule has 0 fully saturated rings. The molecule has 2 rings (SSSR count). The Hall–Kier alpha value is -1.71. The van der Waals surface area contributed by atoms with E-state index in [-0.39, 0.29) is 0 Å². The molecule has 0 aliphatic rings. The van der Waals surface area contributed by atoms with Crippen molar-refractivity contribution in [2.24, 2.45) is 0 Å². The van der Waals surface area contributed by atoms with Crippen molar-refractivity contribution in [3.63, 3.8) is 0 Å². The smallest absolute Gasteiger partial charge is 0.161 e. The minimum Gasteiger partial charge on any atom is -0.490 e. The van der Waals surface area contributed by atoms with Gasteiger partial charge in [-0.05, 0) is 55.7 Å². The van der Waals surface area contributed by atoms with Crippen molar-refractivity contribution in [1.29, 1.82) is 0 Å². The van der Waals surface area contributed by atoms with Crippen LogP contribution in [0.25, 0.3) is 0 Å². The lowest BCUT2D eigenvalue weighted by Crippen LogP contribution is -2.24. The van der Waals surface area contributed by atoms with Gasteiger partial charge in [0.15, 0.2) is 11.5 Å². The summed E-state index contributed by atoms with van der Waals surface area (Å²) in [7, 11) is 0. The Bertz CT molecular complexity index is 628. The molecule has 2 aromatic rings. The van der Waals surface area contributed by atoms with E-state index >= 15 is 0 Å². The molecule has 1 unspecified atom stereocenters. The molecule has 0 spiro atoms. The van der Waals surface area contributed by atoms with Gasteiger partial charge in [-0.1, -0.05) is 36.7 Å². The van der Waals surface area contributed by atoms with Gasteiger partial charge in [0.2, 0.25) is 0 Å². The van der Waals surface area contributed by atoms with Crippen molar-refractivity contribution < 1.29 is 9.47 Å². The number of ether oxygens (including phenoxy) is 2. The van der Waals surface area contributed by atoms with E-state index < -0.39 is 0 Å². The zero-order chi connectivity index (χ0) is 17.4. The number of rotatable bonds is 9. The maximum atomic E-state index is 5.93. The van der Waals surface area contributed by atoms with Crippen LogP contribution in [0.15, 0.2) is 42.5 Å². The zero-order valence-corrected chi connectivity index (χ0v) is 15.4. The van der Waals surface area contributed by atoms with Crippen LogP contribution in [0.5, 0.6) is 11.5 Å². The largest absolute Gasteiger partial charge is 0.490 e. The van der Waals surface area contributed by atoms with Crippen LogP contribution >= 0.6 is 11.6 Å². The van der Waals surface area contributed by atoms with Gasteiger partial charge in [-0.15, -0.1) is 0 Å². The van der Waals surface area contributed by atoms with E-state index in [4.69, 9.17) is 21.1 Å². The van der Waals surface area contributed by atoms with Crippen molar-refractivity contribution >= 4 is 11.6 Å². The highest BCUT2D eigenvalue weighted by Gasteiger charge is 2.08. The van der Waals surface area contributed by atoms with Crippen LogP contribution in [0, 0.1) is 0 Å². The molecule has 0 bridgehead atoms. The summed E-state index contributed by atoms with van der Waals surface area (Å²) in [5.41, 5.74) is 2.27. The maximum Gasteiger partial charge on any atom is 0.161 e. The molecule has 0 aliphatic carbocycles. The first-order valence-electron chi connectivity index (χ1n) is 8.48. The second-order valence-corrected chi connectivity index (χ2v) is 6.26. The molecule has 1 N–H and O–H groups in total. The molecule has 0 saturated heterocycles. The predicted octanol–water partition coefficient (Wildman–Crippen LogP) is 5.21. The summed E-state index contributed by atoms with van der Waals surface area (Å²) in [6.07, 6.45) is 1.11. The van der Waals surface area contributed by atoms with E-state index in [1.165, 1.54) is 5.56 Å². The van der Waals surface area contributed by atoms with Crippen LogP contribution < -0.4 is 14.8 Å². The first-order valence-corrected chi connectivity index (χ1v) is 8.86. The number of halogens is 1. The molecule has 0 amide bonds. The normalized spacial score (nSPS) is 12.0. The van der Waals surface area contributed by atoms with Crippen LogP contribution in [-0.4, -0.2) is 12.6 Å². The molecule has 2 aromatic carbocycles. The monoisotopic (exact) mass is 347 g/mol. The van der Waals surface area contributed by atoms with Gasteiger partial charge >= 0.3 is 0 Å². The zero-order valence-electron chi connectivity index (χ0n) is 14.6. The Labute approximate surface area is 149 Å². The molecule has 0 heterocycles. The Morgan fingerprint density at radius 1 is 0.958 bits per heavy atom. The molecule has 1 atom stereocenters. The number of hydrogen-bond acceptors (Lipinski definition) is 3. The van der Waals surface area contributed by atoms with Crippen LogP contribution in [0.2, 0.25) is 5.02 Å². The van der Waals surface area contributed by atoms with E-state index in [0.29, 0.717) is 19.3 Å². The third kappa shape index (κ3) is 5.73. The topological polar surface area (TPSA) is 30.5 Å². The van der Waals surface area contributed by atoms with Gasteiger partial charge in [0.05, 0.1) is 6.61 Å². The Morgan fingerprint density at radius 2 is 1.67 bits per heavy atom. The fourth-order valence-corrected chi connectivity index (χ4v) is 2.35. The van der Waals surface area contributed by atoms with E-state index in [1.54, 1.807) is 0 Å². The summed E-state index contributed by atoms with van der Waals surface area (Å²) in [5.74, 6) is 1.55. The summed E-state index contributed by atoms with van der Waals surface area (Å²) < 4.78 is 11.7. The van der Waals surface area contributed by atoms with E-state index in [1.807, 2.05) is 37.3 Å². The highest BCUT2D eigenvalue weighted by atomic mass is 35.5. The highest BCUT2D eigenvalue weighted by Crippen LogP contribution is 2.29. The Morgan fingerprint density at radius 3 is 2.33 bits per heavy atom. The average molecular weight is 348 g/mol. The number of benzene rings is 2. The van der Waals surface area contributed by atoms with Crippen molar-refractivity contribution in [2.75, 3.05) is 6.61 Å². The van der Waals surface area contributed by atoms with Crippen molar-refractivity contribution in [1.82, 2.24) is 5.32 Å². The first kappa shape index (κ1) is 18.6. The predicted molar refractivity (Wildman–Crippen MR) is 100.0 cm³/mol. The van der Waals surface area contributed by atoms with Gasteiger partial charge in [-0.2, -0.15) is 0 Å². The third-order valence-electron chi connectivity index (χ3n) is 3.88. The molecule has 0 saturated carbocycles. The van der Waals surface area contributed by atoms with Crippen LogP contribution in [0.4, 0.5) is 0 Å². The first-order chi connectivity index (χ1) is 11.6. The molecule has 130 valence electrons. The molecule has 0 radical (unpaired) electrons. The van der Waals surface area contributed by atoms with Gasteiger partial charge in [0.25, 0.3) is 0 Å². The Balaban J connectivity index is 2.03. The minimum absolute atomic E-state index is 0.488. The van der Waals surface area contributed by atoms with Crippen LogP contribution in [0.1, 0.15) is 38.3 Å². The average Bonchev–Trinajstić information content (AvgIpc) is 2.60. The summed E-state index contributed by atoms with van der Waals surface area (Å²) in [4.78, 5) is 0. The molecule has 3 nitrogen and oxygen atoms in total. The molecule has 4 heteroatoms. The lowest BCUT2D eigenvalue weighted by molar-refractivity contribution is 0.269. The lowest BCUT2D eigenvalue weighted by atomic mass is 10.1. The van der Waals surface area contributed by atoms with Gasteiger partial charge in [0.1, 0.15) is 6.61 Å². The summed E-state index contributed by atoms with van der Waals surface area (Å²) in [6, 6.07) is 14.3. The molecule has 24 heavy (non-hydrogen) atoms. The molecular formula is C20H26ClNO2. The summed E-state index contributed by atoms with van der Waals surface area (Å²) >= 11 is 5.91. The minimum atomic E-state index is 0.488. The van der Waals surface area contributed by atoms with Gasteiger partial charge < -0.3 is 14.8 Å². The Kier molecular flexibility index (Phi) is 7.41. The second-order valence-electron chi connectivity index (χ2n) is 5.82. The summed E-state index contributed by atoms with van der Waals surface area (Å²) in [6.45, 7) is 8.27. The van der Waals surface area contributed by atoms with Crippen LogP contribution in [0.3, 0.4) is 0 Å². The van der Waals surface area contributed by atoms with E-state index in [0.717, 1.165) is 35.1 Å². The van der Waals surface area contributed by atoms with Gasteiger partial charge in [-0.25, -0.2) is 0 Å². The highest BCUT2D eigenvalue weighted by molar-refractivity contribution is 6.30. The molecule has 0 aromatic heterocycles. The van der Waals surface area contributed by atoms with Gasteiger partial charge in [-0.3, -0.25) is 0 Å². The molecule has 0 aliphatic heterocycles. The van der Waals surface area contributed by atoms with Gasteiger partial charge in [0, 0.05) is 17.6 Å². The lowest BCUT2D eigenvalue weighted by Gasteiger charge is -2.15. The van der Waals surface area contributed by atoms with E-state index in [2.05, 4.69) is 31.3 Å². The SMILES string of the molecule is CCOc1cc(CNC(C)CC)ccc1OCc1ccc(Cl)cc1. The quantitative estimate of drug-likeness (QED) is 0.675. The van der Waals surface area contributed by atoms with E-state index in [9.17, 15) is 0 Å². The molecular weight excluding hydrogens is 322 g/mol. The summed E-state index contributed by atoms with van der Waals surface area (Å²) in [5, 5.41) is 4.22. The number of hydrogen-bond donors (Lipinski definition) is 1. The fraction of sp³-hybridized carbons (Fsp3) is 0.400. The maximum absolute atomic E-state index is 5.93. The van der Waals surface area contributed by atoms with Crippen LogP contribution in [-0.2, 0) is 13.2 Å². The number of nitrogens with one attached hydrogen (secondary N) is 1. The van der Waals surface area contributed by atoms with Crippen molar-refractivity contribution in [3.05, 3.63) is 58.6 Å². The van der Waals surface area contributed by atoms with Crippen molar-refractivity contribution in [2.45, 2.75) is 46.4 Å². The van der Waals surface area contributed by atoms with Crippen molar-refractivity contribution in [3.8, 4) is 11.5 Å². The standard InChI is InChI=1S/C20H26ClNO2/c1-4-15(3)22-13-17-8-11-19(20(12-17)23-5-2)24-14-16-6-9-18(21)10-7-16/h6-12,15,22H,4-5,13-14H2,1-3H3.